The fourth-order valence-electron chi connectivity index (χ4n) is 4.03. The van der Waals surface area contributed by atoms with Crippen molar-refractivity contribution < 1.29 is 14.4 Å². The summed E-state index contributed by atoms with van der Waals surface area (Å²) in [4.78, 5) is 38.8. The summed E-state index contributed by atoms with van der Waals surface area (Å²) in [6.45, 7) is 1.21. The highest BCUT2D eigenvalue weighted by Crippen LogP contribution is 2.26. The van der Waals surface area contributed by atoms with Crippen molar-refractivity contribution >= 4 is 17.7 Å². The zero-order valence-electron chi connectivity index (χ0n) is 15.3. The van der Waals surface area contributed by atoms with Crippen LogP contribution in [0.2, 0.25) is 0 Å². The van der Waals surface area contributed by atoms with Gasteiger partial charge in [0.2, 0.25) is 11.8 Å². The van der Waals surface area contributed by atoms with Crippen LogP contribution in [0.3, 0.4) is 0 Å². The molecule has 1 aliphatic carbocycles. The largest absolute Gasteiger partial charge is 0.353 e. The molecular weight excluding hydrogens is 344 g/mol. The van der Waals surface area contributed by atoms with Gasteiger partial charge in [0.15, 0.2) is 0 Å². The van der Waals surface area contributed by atoms with Gasteiger partial charge in [-0.25, -0.2) is 0 Å². The Morgan fingerprint density at radius 2 is 1.89 bits per heavy atom. The highest BCUT2D eigenvalue weighted by molar-refractivity contribution is 5.94. The van der Waals surface area contributed by atoms with E-state index in [1.807, 2.05) is 18.2 Å². The second-order valence-electron chi connectivity index (χ2n) is 7.76. The lowest BCUT2D eigenvalue weighted by Crippen LogP contribution is -2.58. The summed E-state index contributed by atoms with van der Waals surface area (Å²) in [5.74, 6) is 0.00503. The first-order chi connectivity index (χ1) is 13.1. The highest BCUT2D eigenvalue weighted by Gasteiger charge is 2.43. The van der Waals surface area contributed by atoms with Crippen molar-refractivity contribution in [3.8, 4) is 0 Å². The molecular formula is C20H26N4O3. The Bertz CT molecular complexity index is 719. The number of rotatable bonds is 6. The Morgan fingerprint density at radius 1 is 1.11 bits per heavy atom. The molecule has 1 aromatic carbocycles. The number of nitrogens with one attached hydrogen (secondary N) is 3. The molecule has 3 amide bonds. The second kappa shape index (κ2) is 7.68. The maximum Gasteiger partial charge on any atom is 0.251 e. The Labute approximate surface area is 158 Å². The number of benzene rings is 1. The summed E-state index contributed by atoms with van der Waals surface area (Å²) >= 11 is 0. The number of carbonyl (C=O) groups is 3. The average Bonchev–Trinajstić information content (AvgIpc) is 3.38. The van der Waals surface area contributed by atoms with Crippen LogP contribution in [0.1, 0.15) is 42.5 Å². The molecule has 2 heterocycles. The smallest absolute Gasteiger partial charge is 0.251 e. The Balaban J connectivity index is 1.33. The topological polar surface area (TPSA) is 90.5 Å². The van der Waals surface area contributed by atoms with E-state index < -0.39 is 0 Å². The molecule has 0 aromatic heterocycles. The van der Waals surface area contributed by atoms with Gasteiger partial charge in [-0.05, 0) is 37.8 Å². The van der Waals surface area contributed by atoms with Gasteiger partial charge in [-0.2, -0.15) is 0 Å². The van der Waals surface area contributed by atoms with E-state index in [0.29, 0.717) is 44.0 Å². The minimum absolute atomic E-state index is 0.0187. The van der Waals surface area contributed by atoms with Crippen LogP contribution in [-0.2, 0) is 9.59 Å². The lowest BCUT2D eigenvalue weighted by atomic mass is 10.0. The molecule has 2 saturated heterocycles. The average molecular weight is 370 g/mol. The Hall–Kier alpha value is -2.41. The molecule has 7 heteroatoms. The van der Waals surface area contributed by atoms with Gasteiger partial charge in [0, 0.05) is 43.2 Å². The number of hydrogen-bond donors (Lipinski definition) is 3. The number of carbonyl (C=O) groups excluding carboxylic acids is 3. The molecule has 4 rings (SSSR count). The predicted octanol–water partition coefficient (Wildman–Crippen LogP) is 0.417. The number of hydrogen-bond acceptors (Lipinski definition) is 4. The third-order valence-electron chi connectivity index (χ3n) is 5.64. The number of fused-ring (bicyclic) bond motifs is 1. The molecule has 27 heavy (non-hydrogen) atoms. The lowest BCUT2D eigenvalue weighted by Gasteiger charge is -2.37. The van der Waals surface area contributed by atoms with Crippen LogP contribution in [0.5, 0.6) is 0 Å². The van der Waals surface area contributed by atoms with Crippen LogP contribution in [-0.4, -0.2) is 59.9 Å². The van der Waals surface area contributed by atoms with Gasteiger partial charge in [-0.3, -0.25) is 19.3 Å². The van der Waals surface area contributed by atoms with Crippen molar-refractivity contribution in [2.24, 2.45) is 0 Å². The van der Waals surface area contributed by atoms with Gasteiger partial charge in [0.05, 0.1) is 6.04 Å². The van der Waals surface area contributed by atoms with Crippen molar-refractivity contribution in [3.63, 3.8) is 0 Å². The second-order valence-corrected chi connectivity index (χ2v) is 7.76. The summed E-state index contributed by atoms with van der Waals surface area (Å²) in [6.07, 6.45) is 3.97. The zero-order valence-corrected chi connectivity index (χ0v) is 15.3. The molecule has 144 valence electrons. The predicted molar refractivity (Wildman–Crippen MR) is 100 cm³/mol. The molecule has 1 saturated carbocycles. The van der Waals surface area contributed by atoms with Crippen LogP contribution < -0.4 is 16.0 Å². The molecule has 1 aromatic rings. The number of amides is 3. The van der Waals surface area contributed by atoms with Crippen LogP contribution in [0, 0.1) is 0 Å². The van der Waals surface area contributed by atoms with Gasteiger partial charge in [0.25, 0.3) is 5.91 Å². The molecule has 0 spiro atoms. The first kappa shape index (κ1) is 18.0. The molecule has 0 radical (unpaired) electrons. The maximum absolute atomic E-state index is 12.4. The Morgan fingerprint density at radius 3 is 2.63 bits per heavy atom. The van der Waals surface area contributed by atoms with Crippen LogP contribution in [0.15, 0.2) is 30.3 Å². The van der Waals surface area contributed by atoms with Gasteiger partial charge in [0.1, 0.15) is 0 Å². The van der Waals surface area contributed by atoms with E-state index >= 15 is 0 Å². The zero-order chi connectivity index (χ0) is 18.8. The van der Waals surface area contributed by atoms with E-state index in [1.54, 1.807) is 12.1 Å². The van der Waals surface area contributed by atoms with Gasteiger partial charge < -0.3 is 16.0 Å². The molecule has 7 nitrogen and oxygen atoms in total. The van der Waals surface area contributed by atoms with Crippen LogP contribution in [0.4, 0.5) is 0 Å². The van der Waals surface area contributed by atoms with Crippen molar-refractivity contribution in [2.75, 3.05) is 13.1 Å². The molecule has 3 N–H and O–H groups in total. The van der Waals surface area contributed by atoms with Crippen LogP contribution in [0.25, 0.3) is 0 Å². The molecule has 0 bridgehead atoms. The minimum atomic E-state index is -0.226. The summed E-state index contributed by atoms with van der Waals surface area (Å²) < 4.78 is 0. The van der Waals surface area contributed by atoms with Crippen molar-refractivity contribution in [1.82, 2.24) is 20.9 Å². The van der Waals surface area contributed by atoms with Crippen LogP contribution >= 0.6 is 0 Å². The van der Waals surface area contributed by atoms with Crippen molar-refractivity contribution in [3.05, 3.63) is 35.9 Å². The summed E-state index contributed by atoms with van der Waals surface area (Å²) in [5, 5.41) is 9.03. The lowest BCUT2D eigenvalue weighted by molar-refractivity contribution is -0.129. The van der Waals surface area contributed by atoms with Crippen molar-refractivity contribution in [1.29, 1.82) is 0 Å². The standard InChI is InChI=1S/C20H26N4O3/c25-18(22-14-6-7-14)9-8-16-11-21-20(27)17-10-15(12-24(16)17)23-19(26)13-4-2-1-3-5-13/h1-5,14-17H,6-12H2,(H,21,27)(H,22,25)(H,23,26)/t15-,16-,17+/m1/s1. The normalized spacial score (nSPS) is 27.6. The molecule has 2 aliphatic heterocycles. The summed E-state index contributed by atoms with van der Waals surface area (Å²) in [6, 6.07) is 9.34. The van der Waals surface area contributed by atoms with Gasteiger partial charge >= 0.3 is 0 Å². The van der Waals surface area contributed by atoms with E-state index in [9.17, 15) is 14.4 Å². The van der Waals surface area contributed by atoms with E-state index in [0.717, 1.165) is 12.8 Å². The van der Waals surface area contributed by atoms with E-state index in [-0.39, 0.29) is 35.8 Å². The fourth-order valence-corrected chi connectivity index (χ4v) is 4.03. The SMILES string of the molecule is O=C(CC[C@@H]1CNC(=O)[C@@H]2C[C@@H](NC(=O)c3ccccc3)CN12)NC1CC1. The monoisotopic (exact) mass is 370 g/mol. The van der Waals surface area contributed by atoms with E-state index in [4.69, 9.17) is 0 Å². The van der Waals surface area contributed by atoms with E-state index in [2.05, 4.69) is 20.9 Å². The summed E-state index contributed by atoms with van der Waals surface area (Å²) in [5.41, 5.74) is 0.625. The first-order valence-corrected chi connectivity index (χ1v) is 9.79. The van der Waals surface area contributed by atoms with Gasteiger partial charge in [-0.1, -0.05) is 18.2 Å². The summed E-state index contributed by atoms with van der Waals surface area (Å²) in [7, 11) is 0. The van der Waals surface area contributed by atoms with Gasteiger partial charge in [-0.15, -0.1) is 0 Å². The highest BCUT2D eigenvalue weighted by atomic mass is 16.2. The first-order valence-electron chi connectivity index (χ1n) is 9.79. The molecule has 0 unspecified atom stereocenters. The van der Waals surface area contributed by atoms with E-state index in [1.165, 1.54) is 0 Å². The molecule has 3 fully saturated rings. The Kier molecular flexibility index (Phi) is 5.11. The third kappa shape index (κ3) is 4.30. The quantitative estimate of drug-likeness (QED) is 0.677. The maximum atomic E-state index is 12.4. The third-order valence-corrected chi connectivity index (χ3v) is 5.64. The molecule has 3 atom stereocenters. The number of piperazine rings is 1. The van der Waals surface area contributed by atoms with Crippen molar-refractivity contribution in [2.45, 2.75) is 56.3 Å². The molecule has 3 aliphatic rings. The number of nitrogens with zero attached hydrogens (tertiary/aromatic N) is 1. The minimum Gasteiger partial charge on any atom is -0.353 e. The fraction of sp³-hybridized carbons (Fsp3) is 0.550.